The van der Waals surface area contributed by atoms with E-state index in [-0.39, 0.29) is 33.6 Å². The van der Waals surface area contributed by atoms with Crippen LogP contribution in [0.25, 0.3) is 43.8 Å². The van der Waals surface area contributed by atoms with Gasteiger partial charge in [-0.05, 0) is 134 Å². The molecular formula is C46H52Br2O4. The number of benzene rings is 5. The summed E-state index contributed by atoms with van der Waals surface area (Å²) in [5, 5.41) is 4.39. The molecule has 0 fully saturated rings. The molecule has 0 saturated carbocycles. The minimum Gasteiger partial charge on any atom is -0.426 e. The Morgan fingerprint density at radius 3 is 0.923 bits per heavy atom. The van der Waals surface area contributed by atoms with E-state index >= 15 is 0 Å². The van der Waals surface area contributed by atoms with Crippen molar-refractivity contribution in [2.24, 2.45) is 0 Å². The maximum absolute atomic E-state index is 12.3. The van der Waals surface area contributed by atoms with Crippen LogP contribution in [0.2, 0.25) is 0 Å². The quantitative estimate of drug-likeness (QED) is 0.103. The largest absolute Gasteiger partial charge is 0.426 e. The molecule has 0 bridgehead atoms. The van der Waals surface area contributed by atoms with Crippen LogP contribution in [-0.2, 0) is 31.2 Å². The van der Waals surface area contributed by atoms with Gasteiger partial charge in [-0.25, -0.2) is 0 Å². The predicted molar refractivity (Wildman–Crippen MR) is 225 cm³/mol. The van der Waals surface area contributed by atoms with E-state index in [9.17, 15) is 9.59 Å². The first-order chi connectivity index (χ1) is 23.8. The standard InChI is InChI=1S/C46H52Br2O4/c1-25(49)51-41-35(43(3,4)5)21-29(22-36(41)44(6,7)8)27-15-17-31-33(19-27)39(47)32-18-16-28(20-34(32)40(31)48)30-23-37(45(9,10)11)42(52-26(2)50)38(24-30)46(12,13)14/h15-24H,1-14H3. The first-order valence-corrected chi connectivity index (χ1v) is 19.5. The molecule has 0 aliphatic carbocycles. The van der Waals surface area contributed by atoms with E-state index in [1.807, 2.05) is 0 Å². The Kier molecular flexibility index (Phi) is 10.5. The van der Waals surface area contributed by atoms with E-state index < -0.39 is 0 Å². The number of esters is 2. The lowest BCUT2D eigenvalue weighted by molar-refractivity contribution is -0.133. The lowest BCUT2D eigenvalue weighted by Gasteiger charge is -2.30. The summed E-state index contributed by atoms with van der Waals surface area (Å²) in [6.45, 7) is 28.8. The smallest absolute Gasteiger partial charge is 0.308 e. The van der Waals surface area contributed by atoms with Crippen molar-refractivity contribution in [3.63, 3.8) is 0 Å². The minimum absolute atomic E-state index is 0.253. The highest BCUT2D eigenvalue weighted by molar-refractivity contribution is 9.11. The summed E-state index contributed by atoms with van der Waals surface area (Å²) in [5.74, 6) is 0.684. The van der Waals surface area contributed by atoms with Crippen LogP contribution >= 0.6 is 31.9 Å². The van der Waals surface area contributed by atoms with Crippen molar-refractivity contribution < 1.29 is 19.1 Å². The summed E-state index contributed by atoms with van der Waals surface area (Å²) in [4.78, 5) is 24.5. The average molecular weight is 829 g/mol. The van der Waals surface area contributed by atoms with Crippen LogP contribution in [0.4, 0.5) is 0 Å². The number of hydrogen-bond donors (Lipinski definition) is 0. The van der Waals surface area contributed by atoms with Gasteiger partial charge in [0, 0.05) is 45.0 Å². The van der Waals surface area contributed by atoms with Crippen LogP contribution in [0.5, 0.6) is 11.5 Å². The van der Waals surface area contributed by atoms with Gasteiger partial charge in [-0.2, -0.15) is 0 Å². The summed E-state index contributed by atoms with van der Waals surface area (Å²) in [7, 11) is 0. The number of ether oxygens (including phenoxy) is 2. The molecule has 0 unspecified atom stereocenters. The Hall–Kier alpha value is -3.48. The van der Waals surface area contributed by atoms with Crippen molar-refractivity contribution in [3.8, 4) is 33.8 Å². The Morgan fingerprint density at radius 2 is 0.692 bits per heavy atom. The third-order valence-corrected chi connectivity index (χ3v) is 11.3. The number of rotatable bonds is 4. The third kappa shape index (κ3) is 7.89. The molecule has 0 aliphatic rings. The molecule has 0 saturated heterocycles. The minimum atomic E-state index is -0.318. The summed E-state index contributed by atoms with van der Waals surface area (Å²) >= 11 is 8.03. The fourth-order valence-corrected chi connectivity index (χ4v) is 8.16. The summed E-state index contributed by atoms with van der Waals surface area (Å²) in [5.41, 5.74) is 7.31. The van der Waals surface area contributed by atoms with Crippen LogP contribution < -0.4 is 9.47 Å². The molecule has 0 heterocycles. The molecule has 5 rings (SSSR count). The molecule has 274 valence electrons. The molecule has 0 spiro atoms. The second kappa shape index (κ2) is 13.7. The third-order valence-electron chi connectivity index (χ3n) is 9.55. The van der Waals surface area contributed by atoms with E-state index in [0.29, 0.717) is 11.5 Å². The van der Waals surface area contributed by atoms with Gasteiger partial charge in [0.15, 0.2) is 0 Å². The Labute approximate surface area is 326 Å². The van der Waals surface area contributed by atoms with Crippen LogP contribution in [-0.4, -0.2) is 11.9 Å². The zero-order valence-corrected chi connectivity index (χ0v) is 36.3. The van der Waals surface area contributed by atoms with E-state index in [0.717, 1.165) is 75.0 Å². The highest BCUT2D eigenvalue weighted by atomic mass is 79.9. The van der Waals surface area contributed by atoms with Crippen molar-refractivity contribution in [1.82, 2.24) is 0 Å². The number of fused-ring (bicyclic) bond motifs is 2. The maximum atomic E-state index is 12.3. The Morgan fingerprint density at radius 1 is 0.423 bits per heavy atom. The second-order valence-electron chi connectivity index (χ2n) is 18.1. The van der Waals surface area contributed by atoms with Crippen LogP contribution in [0.3, 0.4) is 0 Å². The first kappa shape index (κ1) is 39.7. The van der Waals surface area contributed by atoms with Gasteiger partial charge in [-0.15, -0.1) is 0 Å². The van der Waals surface area contributed by atoms with Crippen molar-refractivity contribution >= 4 is 65.3 Å². The fourth-order valence-electron chi connectivity index (χ4n) is 6.81. The predicted octanol–water partition coefficient (Wildman–Crippen LogP) is 13.9. The van der Waals surface area contributed by atoms with Gasteiger partial charge in [0.05, 0.1) is 0 Å². The molecule has 0 aromatic heterocycles. The van der Waals surface area contributed by atoms with E-state index in [4.69, 9.17) is 9.47 Å². The zero-order chi connectivity index (χ0) is 38.9. The average Bonchev–Trinajstić information content (AvgIpc) is 3.00. The van der Waals surface area contributed by atoms with E-state index in [1.165, 1.54) is 13.8 Å². The molecule has 0 atom stereocenters. The van der Waals surface area contributed by atoms with Crippen molar-refractivity contribution in [2.45, 2.75) is 119 Å². The Bertz CT molecular complexity index is 2020. The molecule has 0 N–H and O–H groups in total. The first-order valence-electron chi connectivity index (χ1n) is 17.9. The molecule has 0 amide bonds. The molecule has 4 nitrogen and oxygen atoms in total. The van der Waals surface area contributed by atoms with Gasteiger partial charge in [0.25, 0.3) is 0 Å². The van der Waals surface area contributed by atoms with Crippen molar-refractivity contribution in [1.29, 1.82) is 0 Å². The normalized spacial score (nSPS) is 12.8. The lowest BCUT2D eigenvalue weighted by Crippen LogP contribution is -2.21. The number of hydrogen-bond acceptors (Lipinski definition) is 4. The number of halogens is 2. The second-order valence-corrected chi connectivity index (χ2v) is 19.7. The van der Waals surface area contributed by atoms with Crippen molar-refractivity contribution in [3.05, 3.63) is 91.9 Å². The lowest BCUT2D eigenvalue weighted by atomic mass is 9.77. The van der Waals surface area contributed by atoms with Gasteiger partial charge in [-0.3, -0.25) is 9.59 Å². The Balaban J connectivity index is 1.73. The molecule has 5 aromatic carbocycles. The van der Waals surface area contributed by atoms with Gasteiger partial charge < -0.3 is 9.47 Å². The molecule has 6 heteroatoms. The number of carbonyl (C=O) groups is 2. The SMILES string of the molecule is CC(=O)Oc1c(C(C)(C)C)cc(-c2ccc3c(Br)c4cc(-c5cc(C(C)(C)C)c(OC(C)=O)c(C(C)(C)C)c5)ccc4c(Br)c3c2)cc1C(C)(C)C. The van der Waals surface area contributed by atoms with Crippen LogP contribution in [0, 0.1) is 0 Å². The molecule has 5 aromatic rings. The van der Waals surface area contributed by atoms with E-state index in [1.54, 1.807) is 0 Å². The van der Waals surface area contributed by atoms with E-state index in [2.05, 4.69) is 176 Å². The highest BCUT2D eigenvalue weighted by Gasteiger charge is 2.31. The van der Waals surface area contributed by atoms with Crippen molar-refractivity contribution in [2.75, 3.05) is 0 Å². The monoisotopic (exact) mass is 826 g/mol. The number of carbonyl (C=O) groups excluding carboxylic acids is 2. The van der Waals surface area contributed by atoms with Crippen LogP contribution in [0.1, 0.15) is 119 Å². The van der Waals surface area contributed by atoms with Gasteiger partial charge in [0.2, 0.25) is 0 Å². The molecule has 0 aliphatic heterocycles. The van der Waals surface area contributed by atoms with Gasteiger partial charge in [0.1, 0.15) is 11.5 Å². The summed E-state index contributed by atoms with van der Waals surface area (Å²) < 4.78 is 13.9. The summed E-state index contributed by atoms with van der Waals surface area (Å²) in [6.07, 6.45) is 0. The molecule has 0 radical (unpaired) electrons. The maximum Gasteiger partial charge on any atom is 0.308 e. The molecule has 52 heavy (non-hydrogen) atoms. The molecular weight excluding hydrogens is 776 g/mol. The van der Waals surface area contributed by atoms with Crippen LogP contribution in [0.15, 0.2) is 69.6 Å². The van der Waals surface area contributed by atoms with Gasteiger partial charge >= 0.3 is 11.9 Å². The fraction of sp³-hybridized carbons (Fsp3) is 0.391. The summed E-state index contributed by atoms with van der Waals surface area (Å²) in [6, 6.07) is 21.9. The van der Waals surface area contributed by atoms with Gasteiger partial charge in [-0.1, -0.05) is 107 Å². The highest BCUT2D eigenvalue weighted by Crippen LogP contribution is 2.47. The zero-order valence-electron chi connectivity index (χ0n) is 33.2. The topological polar surface area (TPSA) is 52.6 Å².